The first kappa shape index (κ1) is 25.1. The Bertz CT molecular complexity index is 785. The second kappa shape index (κ2) is 11.5. The molecular weight excluding hydrogens is 445 g/mol. The van der Waals surface area contributed by atoms with Crippen LogP contribution in [0, 0.1) is 10.8 Å². The van der Waals surface area contributed by atoms with E-state index in [1.165, 1.54) is 0 Å². The molecule has 0 saturated carbocycles. The summed E-state index contributed by atoms with van der Waals surface area (Å²) in [6.07, 6.45) is -3.80. The maximum Gasteiger partial charge on any atom is 0.433 e. The van der Waals surface area contributed by atoms with Gasteiger partial charge >= 0.3 is 6.18 Å². The fraction of sp³-hybridized carbons (Fsp3) is 0.611. The zero-order chi connectivity index (χ0) is 23.0. The number of aliphatic imine (C=N–C) groups is 1. The first-order chi connectivity index (χ1) is 14.7. The molecule has 1 fully saturated rings. The number of ether oxygens (including phenoxy) is 1. The highest BCUT2D eigenvalue weighted by molar-refractivity contribution is 8.02. The summed E-state index contributed by atoms with van der Waals surface area (Å²) >= 11 is 1.08. The Kier molecular flexibility index (Phi) is 9.29. The minimum Gasteiger partial charge on any atom is -0.477 e. The van der Waals surface area contributed by atoms with Gasteiger partial charge in [0.15, 0.2) is 5.69 Å². The zero-order valence-electron chi connectivity index (χ0n) is 16.7. The van der Waals surface area contributed by atoms with Crippen LogP contribution < -0.4 is 4.74 Å². The monoisotopic (exact) mass is 467 g/mol. The molecule has 0 N–H and O–H groups in total. The number of alkyl halides is 5. The van der Waals surface area contributed by atoms with Crippen molar-refractivity contribution in [2.45, 2.75) is 31.5 Å². The maximum absolute atomic E-state index is 13.3. The van der Waals surface area contributed by atoms with Crippen LogP contribution in [0.4, 0.5) is 22.0 Å². The number of thioether (sulfide) groups is 1. The van der Waals surface area contributed by atoms with Crippen LogP contribution in [0.2, 0.25) is 0 Å². The van der Waals surface area contributed by atoms with Crippen LogP contribution in [0.5, 0.6) is 5.88 Å². The molecule has 0 radical (unpaired) electrons. The average Bonchev–Trinajstić information content (AvgIpc) is 2.74. The normalized spacial score (nSPS) is 17.9. The lowest BCUT2D eigenvalue weighted by molar-refractivity contribution is -0.141. The SMILES string of the molecule is C=N/C(=C(\SC)C(CN=O)N1CCC(COc2cc(C(F)(F)F)ncn2)CC1)C(F)F. The number of nitroso groups, excluding NO2 is 1. The number of likely N-dealkylation sites (tertiary alicyclic amines) is 1. The van der Waals surface area contributed by atoms with Crippen LogP contribution in [-0.2, 0) is 6.18 Å². The fourth-order valence-electron chi connectivity index (χ4n) is 3.31. The van der Waals surface area contributed by atoms with Crippen molar-refractivity contribution in [3.8, 4) is 5.88 Å². The second-order valence-electron chi connectivity index (χ2n) is 6.77. The van der Waals surface area contributed by atoms with E-state index < -0.39 is 30.0 Å². The molecule has 1 aromatic rings. The quantitative estimate of drug-likeness (QED) is 0.291. The van der Waals surface area contributed by atoms with Crippen LogP contribution >= 0.6 is 11.8 Å². The van der Waals surface area contributed by atoms with Crippen molar-refractivity contribution < 1.29 is 26.7 Å². The Balaban J connectivity index is 2.00. The fourth-order valence-corrected chi connectivity index (χ4v) is 4.17. The number of hydrogen-bond donors (Lipinski definition) is 0. The molecule has 31 heavy (non-hydrogen) atoms. The van der Waals surface area contributed by atoms with Gasteiger partial charge in [-0.1, -0.05) is 5.18 Å². The van der Waals surface area contributed by atoms with Crippen molar-refractivity contribution in [1.82, 2.24) is 14.9 Å². The van der Waals surface area contributed by atoms with Gasteiger partial charge in [-0.25, -0.2) is 18.7 Å². The Morgan fingerprint density at radius 1 is 1.35 bits per heavy atom. The zero-order valence-corrected chi connectivity index (χ0v) is 17.5. The third kappa shape index (κ3) is 6.92. The van der Waals surface area contributed by atoms with E-state index in [1.807, 2.05) is 4.90 Å². The summed E-state index contributed by atoms with van der Waals surface area (Å²) < 4.78 is 70.2. The Morgan fingerprint density at radius 2 is 2.03 bits per heavy atom. The Morgan fingerprint density at radius 3 is 2.55 bits per heavy atom. The van der Waals surface area contributed by atoms with Gasteiger partial charge in [0.2, 0.25) is 5.88 Å². The molecule has 0 amide bonds. The molecule has 2 heterocycles. The van der Waals surface area contributed by atoms with E-state index in [0.29, 0.717) is 25.9 Å². The molecule has 1 aliphatic rings. The summed E-state index contributed by atoms with van der Waals surface area (Å²) in [4.78, 5) is 23.4. The molecule has 1 aromatic heterocycles. The topological polar surface area (TPSA) is 80.0 Å². The highest BCUT2D eigenvalue weighted by Gasteiger charge is 2.34. The molecule has 0 aromatic carbocycles. The molecule has 2 rings (SSSR count). The maximum atomic E-state index is 13.3. The van der Waals surface area contributed by atoms with E-state index in [0.717, 1.165) is 24.2 Å². The van der Waals surface area contributed by atoms with Crippen LogP contribution in [0.3, 0.4) is 0 Å². The smallest absolute Gasteiger partial charge is 0.433 e. The van der Waals surface area contributed by atoms with Gasteiger partial charge in [-0.3, -0.25) is 9.89 Å². The molecular formula is C18H22F5N5O2S. The van der Waals surface area contributed by atoms with Crippen molar-refractivity contribution in [1.29, 1.82) is 0 Å². The summed E-state index contributed by atoms with van der Waals surface area (Å²) in [5.41, 5.74) is -1.55. The highest BCUT2D eigenvalue weighted by atomic mass is 32.2. The van der Waals surface area contributed by atoms with Crippen LogP contribution in [0.25, 0.3) is 0 Å². The van der Waals surface area contributed by atoms with Crippen LogP contribution in [0.1, 0.15) is 18.5 Å². The summed E-state index contributed by atoms with van der Waals surface area (Å²) in [5, 5.41) is 2.90. The molecule has 13 heteroatoms. The van der Waals surface area contributed by atoms with Crippen molar-refractivity contribution in [3.63, 3.8) is 0 Å². The summed E-state index contributed by atoms with van der Waals surface area (Å²) in [7, 11) is 0. The van der Waals surface area contributed by atoms with E-state index >= 15 is 0 Å². The third-order valence-electron chi connectivity index (χ3n) is 4.89. The summed E-state index contributed by atoms with van der Waals surface area (Å²) in [5.74, 6) is -0.141. The molecule has 1 atom stereocenters. The number of piperidine rings is 1. The number of allylic oxidation sites excluding steroid dienone is 1. The molecule has 0 bridgehead atoms. The lowest BCUT2D eigenvalue weighted by Gasteiger charge is -2.37. The summed E-state index contributed by atoms with van der Waals surface area (Å²) in [6, 6.07) is 0.102. The van der Waals surface area contributed by atoms with E-state index in [-0.39, 0.29) is 29.9 Å². The predicted octanol–water partition coefficient (Wildman–Crippen LogP) is 4.26. The number of halogens is 5. The van der Waals surface area contributed by atoms with E-state index in [4.69, 9.17) is 4.74 Å². The Labute approximate surface area is 180 Å². The van der Waals surface area contributed by atoms with Gasteiger partial charge in [0.05, 0.1) is 12.6 Å². The number of aromatic nitrogens is 2. The average molecular weight is 467 g/mol. The standard InChI is InChI=1S/C18H22F5N5O2S/c1-24-15(17(19)20)16(31-2)12(8-27-29)28-5-3-11(4-6-28)9-30-14-7-13(18(21,22)23)25-10-26-14/h7,10-12,17H,1,3-6,8-9H2,2H3/b16-15-. The number of hydrogen-bond acceptors (Lipinski definition) is 8. The van der Waals surface area contributed by atoms with Crippen molar-refractivity contribution in [3.05, 3.63) is 33.6 Å². The predicted molar refractivity (Wildman–Crippen MR) is 107 cm³/mol. The second-order valence-corrected chi connectivity index (χ2v) is 7.62. The highest BCUT2D eigenvalue weighted by Crippen LogP contribution is 2.32. The number of rotatable bonds is 10. The molecule has 1 unspecified atom stereocenters. The van der Waals surface area contributed by atoms with E-state index in [2.05, 4.69) is 26.9 Å². The lowest BCUT2D eigenvalue weighted by atomic mass is 9.96. The first-order valence-electron chi connectivity index (χ1n) is 9.29. The Hall–Kier alpha value is -2.15. The van der Waals surface area contributed by atoms with Crippen LogP contribution in [0.15, 0.2) is 33.2 Å². The molecule has 0 aliphatic carbocycles. The van der Waals surface area contributed by atoms with Crippen molar-refractivity contribution in [2.75, 3.05) is 32.5 Å². The first-order valence-corrected chi connectivity index (χ1v) is 10.5. The van der Waals surface area contributed by atoms with E-state index in [9.17, 15) is 26.9 Å². The van der Waals surface area contributed by atoms with Gasteiger partial charge in [-0.2, -0.15) is 18.1 Å². The lowest BCUT2D eigenvalue weighted by Crippen LogP contribution is -2.44. The minimum atomic E-state index is -4.59. The minimum absolute atomic E-state index is 0.0270. The van der Waals surface area contributed by atoms with Crippen LogP contribution in [-0.4, -0.2) is 66.5 Å². The molecule has 1 aliphatic heterocycles. The van der Waals surface area contributed by atoms with Gasteiger partial charge in [-0.15, -0.1) is 11.8 Å². The van der Waals surface area contributed by atoms with Crippen molar-refractivity contribution in [2.24, 2.45) is 16.1 Å². The van der Waals surface area contributed by atoms with Gasteiger partial charge in [-0.05, 0) is 44.8 Å². The molecule has 172 valence electrons. The molecule has 0 spiro atoms. The van der Waals surface area contributed by atoms with Gasteiger partial charge in [0, 0.05) is 11.0 Å². The van der Waals surface area contributed by atoms with Gasteiger partial charge < -0.3 is 4.74 Å². The van der Waals surface area contributed by atoms with Gasteiger partial charge in [0.1, 0.15) is 18.6 Å². The molecule has 1 saturated heterocycles. The van der Waals surface area contributed by atoms with E-state index in [1.54, 1.807) is 6.26 Å². The molecule has 7 nitrogen and oxygen atoms in total. The van der Waals surface area contributed by atoms with Gasteiger partial charge in [0.25, 0.3) is 6.43 Å². The largest absolute Gasteiger partial charge is 0.477 e. The third-order valence-corrected chi connectivity index (χ3v) is 5.81. The summed E-state index contributed by atoms with van der Waals surface area (Å²) in [6.45, 7) is 4.10. The number of nitrogens with zero attached hydrogens (tertiary/aromatic N) is 5. The van der Waals surface area contributed by atoms with Crippen molar-refractivity contribution >= 4 is 18.5 Å².